The standard InChI is InChI=1S/C7H10N2O2/c1-9(6(10)11)7(2-3-7)4-5-8/h2-4H2,1H3,(H,10,11). The van der Waals surface area contributed by atoms with E-state index >= 15 is 0 Å². The van der Waals surface area contributed by atoms with Crippen molar-refractivity contribution in [2.24, 2.45) is 0 Å². The number of carbonyl (C=O) groups is 1. The third kappa shape index (κ3) is 1.27. The molecule has 4 nitrogen and oxygen atoms in total. The van der Waals surface area contributed by atoms with Crippen LogP contribution in [0.25, 0.3) is 0 Å². The third-order valence-electron chi connectivity index (χ3n) is 2.23. The van der Waals surface area contributed by atoms with Gasteiger partial charge in [-0.1, -0.05) is 0 Å². The number of hydrogen-bond donors (Lipinski definition) is 1. The van der Waals surface area contributed by atoms with E-state index in [4.69, 9.17) is 10.4 Å². The van der Waals surface area contributed by atoms with Gasteiger partial charge in [0.15, 0.2) is 0 Å². The molecule has 11 heavy (non-hydrogen) atoms. The lowest BCUT2D eigenvalue weighted by Crippen LogP contribution is -2.37. The van der Waals surface area contributed by atoms with Crippen molar-refractivity contribution in [1.82, 2.24) is 4.90 Å². The van der Waals surface area contributed by atoms with Crippen molar-refractivity contribution < 1.29 is 9.90 Å². The molecular weight excluding hydrogens is 144 g/mol. The van der Waals surface area contributed by atoms with E-state index in [1.165, 1.54) is 11.9 Å². The molecule has 1 aliphatic carbocycles. The van der Waals surface area contributed by atoms with E-state index in [0.29, 0.717) is 6.42 Å². The van der Waals surface area contributed by atoms with E-state index in [9.17, 15) is 4.79 Å². The lowest BCUT2D eigenvalue weighted by molar-refractivity contribution is 0.133. The molecule has 0 heterocycles. The fourth-order valence-electron chi connectivity index (χ4n) is 1.13. The van der Waals surface area contributed by atoms with Crippen LogP contribution >= 0.6 is 0 Å². The highest BCUT2D eigenvalue weighted by molar-refractivity contribution is 5.66. The molecule has 0 spiro atoms. The molecule has 0 saturated heterocycles. The lowest BCUT2D eigenvalue weighted by Gasteiger charge is -2.22. The maximum Gasteiger partial charge on any atom is 0.407 e. The Kier molecular flexibility index (Phi) is 1.73. The van der Waals surface area contributed by atoms with Gasteiger partial charge in [0.25, 0.3) is 0 Å². The molecule has 1 aliphatic rings. The second kappa shape index (κ2) is 2.42. The van der Waals surface area contributed by atoms with Crippen molar-refractivity contribution in [2.45, 2.75) is 24.8 Å². The van der Waals surface area contributed by atoms with Gasteiger partial charge in [-0.25, -0.2) is 4.79 Å². The number of nitrogens with zero attached hydrogens (tertiary/aromatic N) is 2. The van der Waals surface area contributed by atoms with E-state index in [1.807, 2.05) is 6.07 Å². The summed E-state index contributed by atoms with van der Waals surface area (Å²) in [6.45, 7) is 0. The quantitative estimate of drug-likeness (QED) is 0.646. The Morgan fingerprint density at radius 1 is 1.82 bits per heavy atom. The molecule has 0 aromatic carbocycles. The molecule has 1 amide bonds. The van der Waals surface area contributed by atoms with Gasteiger partial charge in [0.1, 0.15) is 0 Å². The molecule has 1 saturated carbocycles. The van der Waals surface area contributed by atoms with Crippen molar-refractivity contribution in [3.63, 3.8) is 0 Å². The Labute approximate surface area is 65.0 Å². The highest BCUT2D eigenvalue weighted by atomic mass is 16.4. The number of carboxylic acid groups (broad SMARTS) is 1. The van der Waals surface area contributed by atoms with Crippen molar-refractivity contribution in [3.8, 4) is 6.07 Å². The molecule has 4 heteroatoms. The first-order valence-corrected chi connectivity index (χ1v) is 3.46. The van der Waals surface area contributed by atoms with E-state index in [-0.39, 0.29) is 5.54 Å². The molecule has 60 valence electrons. The Hall–Kier alpha value is -1.24. The summed E-state index contributed by atoms with van der Waals surface area (Å²) >= 11 is 0. The molecule has 0 unspecified atom stereocenters. The molecule has 1 rings (SSSR count). The molecule has 1 N–H and O–H groups in total. The smallest absolute Gasteiger partial charge is 0.407 e. The zero-order valence-corrected chi connectivity index (χ0v) is 6.37. The SMILES string of the molecule is CN(C(=O)O)C1(CC#N)CC1. The molecule has 0 radical (unpaired) electrons. The van der Waals surface area contributed by atoms with E-state index in [1.54, 1.807) is 0 Å². The molecule has 1 fully saturated rings. The van der Waals surface area contributed by atoms with Crippen molar-refractivity contribution in [3.05, 3.63) is 0 Å². The van der Waals surface area contributed by atoms with Gasteiger partial charge in [-0.15, -0.1) is 0 Å². The predicted molar refractivity (Wildman–Crippen MR) is 38.0 cm³/mol. The summed E-state index contributed by atoms with van der Waals surface area (Å²) in [5.74, 6) is 0. The van der Waals surface area contributed by atoms with Crippen LogP contribution in [0.4, 0.5) is 4.79 Å². The van der Waals surface area contributed by atoms with Gasteiger partial charge >= 0.3 is 6.09 Å². The molecular formula is C7H10N2O2. The molecule has 0 aromatic heterocycles. The van der Waals surface area contributed by atoms with Crippen LogP contribution in [0.2, 0.25) is 0 Å². The summed E-state index contributed by atoms with van der Waals surface area (Å²) in [5, 5.41) is 17.0. The minimum absolute atomic E-state index is 0.315. The fraction of sp³-hybridized carbons (Fsp3) is 0.714. The van der Waals surface area contributed by atoms with Crippen LogP contribution < -0.4 is 0 Å². The van der Waals surface area contributed by atoms with Crippen LogP contribution in [0.3, 0.4) is 0 Å². The molecule has 0 aliphatic heterocycles. The van der Waals surface area contributed by atoms with Gasteiger partial charge in [-0.2, -0.15) is 5.26 Å². The van der Waals surface area contributed by atoms with Gasteiger partial charge in [0.2, 0.25) is 0 Å². The normalized spacial score (nSPS) is 18.5. The summed E-state index contributed by atoms with van der Waals surface area (Å²) < 4.78 is 0. The number of amides is 1. The first kappa shape index (κ1) is 7.86. The zero-order chi connectivity index (χ0) is 8.48. The molecule has 0 atom stereocenters. The first-order chi connectivity index (χ1) is 5.12. The first-order valence-electron chi connectivity index (χ1n) is 3.46. The number of nitriles is 1. The summed E-state index contributed by atoms with van der Waals surface area (Å²) in [4.78, 5) is 11.7. The van der Waals surface area contributed by atoms with Gasteiger partial charge in [-0.3, -0.25) is 0 Å². The maximum atomic E-state index is 10.5. The minimum Gasteiger partial charge on any atom is -0.465 e. The second-order valence-corrected chi connectivity index (χ2v) is 2.90. The Bertz CT molecular complexity index is 215. The average molecular weight is 154 g/mol. The summed E-state index contributed by atoms with van der Waals surface area (Å²) in [7, 11) is 1.52. The van der Waals surface area contributed by atoms with Crippen molar-refractivity contribution >= 4 is 6.09 Å². The van der Waals surface area contributed by atoms with Crippen LogP contribution in [0.1, 0.15) is 19.3 Å². The van der Waals surface area contributed by atoms with Crippen LogP contribution in [-0.4, -0.2) is 28.7 Å². The van der Waals surface area contributed by atoms with Crippen molar-refractivity contribution in [1.29, 1.82) is 5.26 Å². The Morgan fingerprint density at radius 3 is 2.64 bits per heavy atom. The topological polar surface area (TPSA) is 64.3 Å². The van der Waals surface area contributed by atoms with Crippen LogP contribution in [0.5, 0.6) is 0 Å². The highest BCUT2D eigenvalue weighted by Gasteiger charge is 2.48. The number of rotatable bonds is 2. The zero-order valence-electron chi connectivity index (χ0n) is 6.37. The Balaban J connectivity index is 2.59. The summed E-state index contributed by atoms with van der Waals surface area (Å²) in [6.07, 6.45) is 1.01. The van der Waals surface area contributed by atoms with Gasteiger partial charge in [0.05, 0.1) is 18.0 Å². The van der Waals surface area contributed by atoms with Crippen LogP contribution in [0.15, 0.2) is 0 Å². The van der Waals surface area contributed by atoms with E-state index < -0.39 is 6.09 Å². The van der Waals surface area contributed by atoms with E-state index in [2.05, 4.69) is 0 Å². The summed E-state index contributed by atoms with van der Waals surface area (Å²) in [5.41, 5.74) is -0.347. The van der Waals surface area contributed by atoms with Crippen LogP contribution in [0, 0.1) is 11.3 Å². The van der Waals surface area contributed by atoms with Crippen molar-refractivity contribution in [2.75, 3.05) is 7.05 Å². The number of hydrogen-bond acceptors (Lipinski definition) is 2. The lowest BCUT2D eigenvalue weighted by atomic mass is 10.2. The minimum atomic E-state index is -0.947. The average Bonchev–Trinajstić information content (AvgIpc) is 2.69. The monoisotopic (exact) mass is 154 g/mol. The molecule has 0 bridgehead atoms. The largest absolute Gasteiger partial charge is 0.465 e. The third-order valence-corrected chi connectivity index (χ3v) is 2.23. The second-order valence-electron chi connectivity index (χ2n) is 2.90. The highest BCUT2D eigenvalue weighted by Crippen LogP contribution is 2.43. The van der Waals surface area contributed by atoms with Gasteiger partial charge in [0, 0.05) is 7.05 Å². The summed E-state index contributed by atoms with van der Waals surface area (Å²) in [6, 6.07) is 2.00. The Morgan fingerprint density at radius 2 is 2.36 bits per heavy atom. The van der Waals surface area contributed by atoms with Gasteiger partial charge in [-0.05, 0) is 12.8 Å². The van der Waals surface area contributed by atoms with Crippen LogP contribution in [-0.2, 0) is 0 Å². The predicted octanol–water partition coefficient (Wildman–Crippen LogP) is 1.04. The molecule has 0 aromatic rings. The van der Waals surface area contributed by atoms with Gasteiger partial charge < -0.3 is 10.0 Å². The maximum absolute atomic E-state index is 10.5. The fourth-order valence-corrected chi connectivity index (χ4v) is 1.13. The van der Waals surface area contributed by atoms with E-state index in [0.717, 1.165) is 12.8 Å².